The maximum atomic E-state index is 10.8. The van der Waals surface area contributed by atoms with Crippen LogP contribution in [0.25, 0.3) is 0 Å². The average molecular weight is 518 g/mol. The maximum absolute atomic E-state index is 10.8. The zero-order valence-electron chi connectivity index (χ0n) is 18.7. The van der Waals surface area contributed by atoms with E-state index in [9.17, 15) is 51.1 Å². The van der Waals surface area contributed by atoms with Gasteiger partial charge >= 0.3 is 0 Å². The summed E-state index contributed by atoms with van der Waals surface area (Å²) in [4.78, 5) is 0. The van der Waals surface area contributed by atoms with Crippen LogP contribution in [0, 0.1) is 0 Å². The van der Waals surface area contributed by atoms with Gasteiger partial charge in [-0.1, -0.05) is 0 Å². The first-order valence-corrected chi connectivity index (χ1v) is 11.0. The van der Waals surface area contributed by atoms with Gasteiger partial charge in [-0.05, 0) is 0 Å². The summed E-state index contributed by atoms with van der Waals surface area (Å²) in [6.45, 7) is -1.93. The van der Waals surface area contributed by atoms with Gasteiger partial charge in [0.1, 0.15) is 73.2 Å². The normalized spacial score (nSPS) is 51.3. The number of hydrogen-bond acceptors (Lipinski definition) is 16. The van der Waals surface area contributed by atoms with E-state index in [2.05, 4.69) is 0 Å². The highest BCUT2D eigenvalue weighted by molar-refractivity contribution is 4.95. The molecule has 0 bridgehead atoms. The minimum absolute atomic E-state index is 0.523. The Balaban J connectivity index is 1.69. The number of aliphatic hydroxyl groups excluding tert-OH is 10. The molecule has 3 saturated heterocycles. The third kappa shape index (κ3) is 5.93. The number of aliphatic hydroxyl groups is 10. The van der Waals surface area contributed by atoms with Crippen molar-refractivity contribution in [2.75, 3.05) is 26.9 Å². The molecule has 0 aromatic rings. The monoisotopic (exact) mass is 518 g/mol. The minimum atomic E-state index is -1.81. The quantitative estimate of drug-likeness (QED) is 0.143. The highest BCUT2D eigenvalue weighted by Gasteiger charge is 2.51. The van der Waals surface area contributed by atoms with Gasteiger partial charge < -0.3 is 79.5 Å². The molecule has 3 heterocycles. The lowest BCUT2D eigenvalue weighted by molar-refractivity contribution is -0.364. The van der Waals surface area contributed by atoms with Crippen LogP contribution in [-0.2, 0) is 28.4 Å². The Labute approximate surface area is 199 Å². The minimum Gasteiger partial charge on any atom is -0.394 e. The first-order valence-electron chi connectivity index (χ1n) is 11.0. The molecular weight excluding hydrogens is 484 g/mol. The van der Waals surface area contributed by atoms with Gasteiger partial charge in [-0.25, -0.2) is 0 Å². The molecule has 3 rings (SSSR count). The van der Waals surface area contributed by atoms with Gasteiger partial charge in [0.2, 0.25) is 0 Å². The first-order chi connectivity index (χ1) is 16.5. The van der Waals surface area contributed by atoms with Crippen molar-refractivity contribution in [3.8, 4) is 0 Å². The molecule has 0 radical (unpaired) electrons. The number of hydrogen-bond donors (Lipinski definition) is 10. The number of rotatable bonds is 8. The lowest BCUT2D eigenvalue weighted by Gasteiger charge is -2.46. The highest BCUT2D eigenvalue weighted by atomic mass is 16.7. The lowest BCUT2D eigenvalue weighted by Crippen LogP contribution is -2.65. The van der Waals surface area contributed by atoms with Gasteiger partial charge in [0, 0.05) is 7.11 Å². The van der Waals surface area contributed by atoms with E-state index in [1.165, 1.54) is 7.11 Å². The fourth-order valence-corrected chi connectivity index (χ4v) is 4.13. The van der Waals surface area contributed by atoms with Crippen molar-refractivity contribution in [2.45, 2.75) is 92.1 Å². The predicted octanol–water partition coefficient (Wildman–Crippen LogP) is -6.92. The molecule has 0 aromatic carbocycles. The summed E-state index contributed by atoms with van der Waals surface area (Å²) in [6, 6.07) is 0. The van der Waals surface area contributed by atoms with Crippen molar-refractivity contribution in [3.05, 3.63) is 0 Å². The van der Waals surface area contributed by atoms with E-state index in [1.807, 2.05) is 0 Å². The summed E-state index contributed by atoms with van der Waals surface area (Å²) in [5.74, 6) is 0. The van der Waals surface area contributed by atoms with E-state index in [0.717, 1.165) is 0 Å². The van der Waals surface area contributed by atoms with E-state index >= 15 is 0 Å². The SMILES string of the molecule is CO[C@H]1O[C@H](CO[C@@H]2O[C@H](CO)[C@@H](O)[C@H](O)[C@@H]2O)[C@@H](O)[C@H](O[C@@H]2O[C@H](CO)[C@@H](O)[C@H](O)[C@@H]2O)[C@@H]1O. The summed E-state index contributed by atoms with van der Waals surface area (Å²) in [7, 11) is 1.19. The van der Waals surface area contributed by atoms with Crippen molar-refractivity contribution in [1.29, 1.82) is 0 Å². The molecule has 0 aromatic heterocycles. The molecule has 16 nitrogen and oxygen atoms in total. The van der Waals surface area contributed by atoms with E-state index in [1.54, 1.807) is 0 Å². The van der Waals surface area contributed by atoms with Gasteiger partial charge in [0.25, 0.3) is 0 Å². The molecule has 0 aliphatic carbocycles. The summed E-state index contributed by atoms with van der Waals surface area (Å²) in [5.41, 5.74) is 0. The van der Waals surface area contributed by atoms with Crippen LogP contribution in [0.5, 0.6) is 0 Å². The Morgan fingerprint density at radius 1 is 0.543 bits per heavy atom. The van der Waals surface area contributed by atoms with Crippen molar-refractivity contribution in [2.24, 2.45) is 0 Å². The van der Waals surface area contributed by atoms with Crippen LogP contribution in [0.1, 0.15) is 0 Å². The largest absolute Gasteiger partial charge is 0.394 e. The summed E-state index contributed by atoms with van der Waals surface area (Å²) in [6.07, 6.45) is -23.5. The maximum Gasteiger partial charge on any atom is 0.187 e. The van der Waals surface area contributed by atoms with Gasteiger partial charge in [-0.15, -0.1) is 0 Å². The standard InChI is InChI=1S/C19H34O16/c1-30-17-15(29)16(35-19-14(28)12(26)9(23)6(3-21)33-19)10(24)7(34-17)4-31-18-13(27)11(25)8(22)5(2-20)32-18/h5-29H,2-4H2,1H3/t5-,6-,7-,8-,9-,10-,11+,12+,13+,14+,15+,16+,17+,18-,19+/m1/s1. The van der Waals surface area contributed by atoms with Crippen LogP contribution < -0.4 is 0 Å². The second-order valence-electron chi connectivity index (χ2n) is 8.59. The Morgan fingerprint density at radius 2 is 1.03 bits per heavy atom. The molecular formula is C19H34O16. The van der Waals surface area contributed by atoms with E-state index in [0.29, 0.717) is 0 Å². The predicted molar refractivity (Wildman–Crippen MR) is 106 cm³/mol. The Morgan fingerprint density at radius 3 is 1.54 bits per heavy atom. The average Bonchev–Trinajstić information content (AvgIpc) is 2.85. The molecule has 15 atom stereocenters. The molecule has 10 N–H and O–H groups in total. The topological polar surface area (TPSA) is 258 Å². The molecule has 35 heavy (non-hydrogen) atoms. The molecule has 0 amide bonds. The van der Waals surface area contributed by atoms with Crippen molar-refractivity contribution in [1.82, 2.24) is 0 Å². The second kappa shape index (κ2) is 12.3. The van der Waals surface area contributed by atoms with E-state index < -0.39 is 112 Å². The van der Waals surface area contributed by atoms with Crippen LogP contribution >= 0.6 is 0 Å². The third-order valence-electron chi connectivity index (χ3n) is 6.29. The summed E-state index contributed by atoms with van der Waals surface area (Å²) >= 11 is 0. The van der Waals surface area contributed by atoms with Gasteiger partial charge in [0.15, 0.2) is 18.9 Å². The molecule has 0 unspecified atom stereocenters. The highest BCUT2D eigenvalue weighted by Crippen LogP contribution is 2.30. The third-order valence-corrected chi connectivity index (χ3v) is 6.29. The lowest BCUT2D eigenvalue weighted by atomic mass is 9.97. The zero-order chi connectivity index (χ0) is 26.0. The molecule has 3 fully saturated rings. The van der Waals surface area contributed by atoms with Crippen LogP contribution in [0.2, 0.25) is 0 Å². The molecule has 3 aliphatic heterocycles. The smallest absolute Gasteiger partial charge is 0.187 e. The Bertz CT molecular complexity index is 652. The van der Waals surface area contributed by atoms with Crippen LogP contribution in [0.4, 0.5) is 0 Å². The second-order valence-corrected chi connectivity index (χ2v) is 8.59. The van der Waals surface area contributed by atoms with Crippen LogP contribution in [0.15, 0.2) is 0 Å². The molecule has 0 saturated carbocycles. The van der Waals surface area contributed by atoms with E-state index in [-0.39, 0.29) is 0 Å². The zero-order valence-corrected chi connectivity index (χ0v) is 18.7. The van der Waals surface area contributed by atoms with Crippen LogP contribution in [-0.4, -0.2) is 170 Å². The molecule has 0 spiro atoms. The van der Waals surface area contributed by atoms with E-state index in [4.69, 9.17) is 28.4 Å². The van der Waals surface area contributed by atoms with Crippen molar-refractivity contribution >= 4 is 0 Å². The van der Waals surface area contributed by atoms with Gasteiger partial charge in [-0.2, -0.15) is 0 Å². The molecule has 3 aliphatic rings. The van der Waals surface area contributed by atoms with Gasteiger partial charge in [0.05, 0.1) is 19.8 Å². The van der Waals surface area contributed by atoms with Crippen LogP contribution in [0.3, 0.4) is 0 Å². The first kappa shape index (κ1) is 28.9. The van der Waals surface area contributed by atoms with Gasteiger partial charge in [-0.3, -0.25) is 0 Å². The Hall–Kier alpha value is -0.640. The fourth-order valence-electron chi connectivity index (χ4n) is 4.13. The van der Waals surface area contributed by atoms with Crippen molar-refractivity contribution in [3.63, 3.8) is 0 Å². The fraction of sp³-hybridized carbons (Fsp3) is 1.00. The summed E-state index contributed by atoms with van der Waals surface area (Å²) < 4.78 is 31.9. The number of methoxy groups -OCH3 is 1. The molecule has 206 valence electrons. The summed E-state index contributed by atoms with van der Waals surface area (Å²) in [5, 5.41) is 99.9. The molecule has 16 heteroatoms. The number of ether oxygens (including phenoxy) is 6. The Kier molecular flexibility index (Phi) is 10.1. The van der Waals surface area contributed by atoms with Crippen molar-refractivity contribution < 1.29 is 79.5 Å².